The molecule has 0 unspecified atom stereocenters. The number of hydrogen-bond donors (Lipinski definition) is 1. The highest BCUT2D eigenvalue weighted by molar-refractivity contribution is 6.30. The van der Waals surface area contributed by atoms with Crippen LogP contribution in [-0.2, 0) is 4.79 Å². The lowest BCUT2D eigenvalue weighted by atomic mass is 10.1. The Balaban J connectivity index is 0.00000200. The van der Waals surface area contributed by atoms with E-state index in [0.717, 1.165) is 31.2 Å². The highest BCUT2D eigenvalue weighted by Crippen LogP contribution is 2.25. The zero-order valence-corrected chi connectivity index (χ0v) is 14.7. The Labute approximate surface area is 143 Å². The smallest absolute Gasteiger partial charge is 0.236 e. The average Bonchev–Trinajstić information content (AvgIpc) is 2.42. The Kier molecular flexibility index (Phi) is 9.06. The number of piperazine rings is 1. The van der Waals surface area contributed by atoms with Gasteiger partial charge in [-0.25, -0.2) is 0 Å². The highest BCUT2D eigenvalue weighted by atomic mass is 35.5. The quantitative estimate of drug-likeness (QED) is 0.905. The highest BCUT2D eigenvalue weighted by Gasteiger charge is 2.21. The van der Waals surface area contributed by atoms with E-state index in [1.54, 1.807) is 7.05 Å². The standard InChI is InChI=1S/C14H20ClN3O.2ClH/c1-11-3-4-12(15)9-13(11)17-5-7-18(8-6-17)14(19)10-16-2;;/h3-4,9,16H,5-8,10H2,1-2H3;2*1H. The number of carbonyl (C=O) groups is 1. The summed E-state index contributed by atoms with van der Waals surface area (Å²) in [5.74, 6) is 0.171. The Hall–Kier alpha value is -0.680. The van der Waals surface area contributed by atoms with E-state index in [-0.39, 0.29) is 30.7 Å². The number of rotatable bonds is 3. The van der Waals surface area contributed by atoms with Crippen LogP contribution in [0.2, 0.25) is 5.02 Å². The van der Waals surface area contributed by atoms with Gasteiger partial charge in [-0.15, -0.1) is 24.8 Å². The zero-order valence-electron chi connectivity index (χ0n) is 12.3. The van der Waals surface area contributed by atoms with Crippen LogP contribution in [0.25, 0.3) is 0 Å². The molecule has 1 aromatic rings. The molecule has 0 aliphatic carbocycles. The molecule has 1 aliphatic heterocycles. The fourth-order valence-electron chi connectivity index (χ4n) is 2.38. The third-order valence-corrected chi connectivity index (χ3v) is 3.71. The van der Waals surface area contributed by atoms with Gasteiger partial charge in [-0.05, 0) is 31.7 Å². The van der Waals surface area contributed by atoms with E-state index >= 15 is 0 Å². The molecule has 2 rings (SSSR count). The molecule has 1 aliphatic rings. The van der Waals surface area contributed by atoms with Gasteiger partial charge in [0.15, 0.2) is 0 Å². The summed E-state index contributed by atoms with van der Waals surface area (Å²) in [6.07, 6.45) is 0. The van der Waals surface area contributed by atoms with Gasteiger partial charge in [-0.3, -0.25) is 4.79 Å². The van der Waals surface area contributed by atoms with Gasteiger partial charge in [0, 0.05) is 36.9 Å². The van der Waals surface area contributed by atoms with Gasteiger partial charge in [0.2, 0.25) is 5.91 Å². The Morgan fingerprint density at radius 1 is 1.24 bits per heavy atom. The Morgan fingerprint density at radius 2 is 1.86 bits per heavy atom. The summed E-state index contributed by atoms with van der Waals surface area (Å²) in [6.45, 7) is 5.76. The van der Waals surface area contributed by atoms with Crippen LogP contribution >= 0.6 is 36.4 Å². The van der Waals surface area contributed by atoms with Crippen LogP contribution in [0.15, 0.2) is 18.2 Å². The van der Waals surface area contributed by atoms with Crippen molar-refractivity contribution < 1.29 is 4.79 Å². The lowest BCUT2D eigenvalue weighted by Crippen LogP contribution is -2.50. The largest absolute Gasteiger partial charge is 0.368 e. The lowest BCUT2D eigenvalue weighted by molar-refractivity contribution is -0.130. The molecule has 0 saturated carbocycles. The van der Waals surface area contributed by atoms with E-state index in [1.165, 1.54) is 11.3 Å². The van der Waals surface area contributed by atoms with E-state index in [4.69, 9.17) is 11.6 Å². The van der Waals surface area contributed by atoms with E-state index in [1.807, 2.05) is 23.1 Å². The molecule has 0 radical (unpaired) electrons. The maximum atomic E-state index is 11.8. The fraction of sp³-hybridized carbons (Fsp3) is 0.500. The second kappa shape index (κ2) is 9.36. The van der Waals surface area contributed by atoms with Crippen molar-refractivity contribution in [2.24, 2.45) is 0 Å². The van der Waals surface area contributed by atoms with Crippen molar-refractivity contribution in [3.8, 4) is 0 Å². The number of carbonyl (C=O) groups excluding carboxylic acids is 1. The third kappa shape index (κ3) is 5.22. The number of hydrogen-bond acceptors (Lipinski definition) is 3. The molecule has 120 valence electrons. The SMILES string of the molecule is CNCC(=O)N1CCN(c2cc(Cl)ccc2C)CC1.Cl.Cl. The number of benzene rings is 1. The van der Waals surface area contributed by atoms with Gasteiger partial charge in [-0.2, -0.15) is 0 Å². The van der Waals surface area contributed by atoms with Crippen LogP contribution in [0.5, 0.6) is 0 Å². The minimum Gasteiger partial charge on any atom is -0.368 e. The fourth-order valence-corrected chi connectivity index (χ4v) is 2.55. The van der Waals surface area contributed by atoms with Crippen LogP contribution < -0.4 is 10.2 Å². The van der Waals surface area contributed by atoms with Crippen LogP contribution in [0.1, 0.15) is 5.56 Å². The van der Waals surface area contributed by atoms with Crippen molar-refractivity contribution in [2.45, 2.75) is 6.92 Å². The first-order chi connectivity index (χ1) is 9.11. The second-order valence-corrected chi connectivity index (χ2v) is 5.27. The Bertz CT molecular complexity index is 463. The number of nitrogens with one attached hydrogen (secondary N) is 1. The van der Waals surface area contributed by atoms with Gasteiger partial charge in [0.05, 0.1) is 6.54 Å². The van der Waals surface area contributed by atoms with Crippen LogP contribution in [-0.4, -0.2) is 50.6 Å². The molecular formula is C14H22Cl3N3O. The van der Waals surface area contributed by atoms with E-state index < -0.39 is 0 Å². The second-order valence-electron chi connectivity index (χ2n) is 4.83. The number of aryl methyl sites for hydroxylation is 1. The normalized spacial score (nSPS) is 14.2. The molecular weight excluding hydrogens is 333 g/mol. The van der Waals surface area contributed by atoms with E-state index in [9.17, 15) is 4.79 Å². The summed E-state index contributed by atoms with van der Waals surface area (Å²) in [7, 11) is 1.80. The third-order valence-electron chi connectivity index (χ3n) is 3.47. The van der Waals surface area contributed by atoms with Gasteiger partial charge in [0.1, 0.15) is 0 Å². The first-order valence-electron chi connectivity index (χ1n) is 6.55. The monoisotopic (exact) mass is 353 g/mol. The summed E-state index contributed by atoms with van der Waals surface area (Å²) in [5.41, 5.74) is 2.40. The minimum atomic E-state index is 0. The van der Waals surface area contributed by atoms with Crippen LogP contribution in [0, 0.1) is 6.92 Å². The maximum absolute atomic E-state index is 11.8. The van der Waals surface area contributed by atoms with Crippen molar-refractivity contribution >= 4 is 48.0 Å². The van der Waals surface area contributed by atoms with Crippen molar-refractivity contribution in [1.82, 2.24) is 10.2 Å². The molecule has 4 nitrogen and oxygen atoms in total. The summed E-state index contributed by atoms with van der Waals surface area (Å²) < 4.78 is 0. The topological polar surface area (TPSA) is 35.6 Å². The van der Waals surface area contributed by atoms with Crippen molar-refractivity contribution in [3.05, 3.63) is 28.8 Å². The van der Waals surface area contributed by atoms with Gasteiger partial charge in [-0.1, -0.05) is 17.7 Å². The number of amides is 1. The van der Waals surface area contributed by atoms with Gasteiger partial charge < -0.3 is 15.1 Å². The minimum absolute atomic E-state index is 0. The molecule has 7 heteroatoms. The maximum Gasteiger partial charge on any atom is 0.236 e. The molecule has 1 saturated heterocycles. The molecule has 1 fully saturated rings. The summed E-state index contributed by atoms with van der Waals surface area (Å²) in [5, 5.41) is 3.66. The first kappa shape index (κ1) is 20.3. The van der Waals surface area contributed by atoms with E-state index in [0.29, 0.717) is 6.54 Å². The number of nitrogens with zero attached hydrogens (tertiary/aromatic N) is 2. The number of likely N-dealkylation sites (N-methyl/N-ethyl adjacent to an activating group) is 1. The first-order valence-corrected chi connectivity index (χ1v) is 6.93. The molecule has 1 amide bonds. The molecule has 1 aromatic carbocycles. The number of halogens is 3. The molecule has 1 N–H and O–H groups in total. The lowest BCUT2D eigenvalue weighted by Gasteiger charge is -2.36. The van der Waals surface area contributed by atoms with Crippen LogP contribution in [0.3, 0.4) is 0 Å². The van der Waals surface area contributed by atoms with Crippen molar-refractivity contribution in [1.29, 1.82) is 0 Å². The predicted octanol–water partition coefficient (Wildman–Crippen LogP) is 2.36. The molecule has 0 atom stereocenters. The number of anilines is 1. The predicted molar refractivity (Wildman–Crippen MR) is 93.4 cm³/mol. The summed E-state index contributed by atoms with van der Waals surface area (Å²) in [4.78, 5) is 16.0. The molecule has 0 spiro atoms. The molecule has 1 heterocycles. The summed E-state index contributed by atoms with van der Waals surface area (Å²) >= 11 is 6.06. The molecule has 0 aromatic heterocycles. The van der Waals surface area contributed by atoms with E-state index in [2.05, 4.69) is 17.1 Å². The molecule has 0 bridgehead atoms. The zero-order chi connectivity index (χ0) is 13.8. The van der Waals surface area contributed by atoms with Crippen molar-refractivity contribution in [2.75, 3.05) is 44.7 Å². The summed E-state index contributed by atoms with van der Waals surface area (Å²) in [6, 6.07) is 5.95. The van der Waals surface area contributed by atoms with Crippen LogP contribution in [0.4, 0.5) is 5.69 Å². The van der Waals surface area contributed by atoms with Crippen molar-refractivity contribution in [3.63, 3.8) is 0 Å². The Morgan fingerprint density at radius 3 is 2.43 bits per heavy atom. The average molecular weight is 355 g/mol. The molecule has 21 heavy (non-hydrogen) atoms. The van der Waals surface area contributed by atoms with Gasteiger partial charge >= 0.3 is 0 Å². The van der Waals surface area contributed by atoms with Gasteiger partial charge in [0.25, 0.3) is 0 Å².